The Hall–Kier alpha value is -1.94. The molecular formula is C16H18N4O4S. The number of hydrogen-bond acceptors (Lipinski definition) is 8. The van der Waals surface area contributed by atoms with Crippen molar-refractivity contribution in [2.75, 3.05) is 24.8 Å². The molecule has 3 N–H and O–H groups in total. The third-order valence-electron chi connectivity index (χ3n) is 4.81. The summed E-state index contributed by atoms with van der Waals surface area (Å²) in [5.74, 6) is 1.06. The third kappa shape index (κ3) is 2.38. The molecule has 2 aromatic heterocycles. The number of hydrogen-bond donors (Lipinski definition) is 3. The topological polar surface area (TPSA) is 109 Å². The molecule has 0 unspecified atom stereocenters. The van der Waals surface area contributed by atoms with E-state index in [1.165, 1.54) is 17.8 Å². The van der Waals surface area contributed by atoms with Crippen molar-refractivity contribution in [1.82, 2.24) is 9.55 Å². The zero-order valence-electron chi connectivity index (χ0n) is 13.8. The first kappa shape index (κ1) is 16.5. The van der Waals surface area contributed by atoms with Crippen molar-refractivity contribution in [3.8, 4) is 0 Å². The fourth-order valence-electron chi connectivity index (χ4n) is 3.38. The van der Waals surface area contributed by atoms with E-state index in [4.69, 9.17) is 4.74 Å². The monoisotopic (exact) mass is 362 g/mol. The van der Waals surface area contributed by atoms with E-state index in [0.717, 1.165) is 10.8 Å². The summed E-state index contributed by atoms with van der Waals surface area (Å²) in [5.41, 5.74) is -1.13. The minimum atomic E-state index is -0.890. The first-order chi connectivity index (χ1) is 12.0. The predicted octanol–water partition coefficient (Wildman–Crippen LogP) is 0.640. The molecule has 8 nitrogen and oxygen atoms in total. The van der Waals surface area contributed by atoms with E-state index in [-0.39, 0.29) is 18.8 Å². The van der Waals surface area contributed by atoms with E-state index >= 15 is 0 Å². The number of amidine groups is 1. The molecule has 2 aliphatic rings. The molecule has 25 heavy (non-hydrogen) atoms. The van der Waals surface area contributed by atoms with Crippen LogP contribution >= 0.6 is 11.8 Å². The van der Waals surface area contributed by atoms with Crippen molar-refractivity contribution in [2.24, 2.45) is 4.99 Å². The van der Waals surface area contributed by atoms with Crippen LogP contribution in [0.2, 0.25) is 0 Å². The van der Waals surface area contributed by atoms with Crippen molar-refractivity contribution < 1.29 is 14.9 Å². The van der Waals surface area contributed by atoms with Crippen molar-refractivity contribution in [3.05, 3.63) is 28.7 Å². The van der Waals surface area contributed by atoms with Crippen LogP contribution in [-0.2, 0) is 10.3 Å². The Morgan fingerprint density at radius 2 is 2.32 bits per heavy atom. The molecule has 1 saturated heterocycles. The van der Waals surface area contributed by atoms with Crippen molar-refractivity contribution >= 4 is 39.3 Å². The summed E-state index contributed by atoms with van der Waals surface area (Å²) in [4.78, 5) is 20.6. The van der Waals surface area contributed by atoms with Gasteiger partial charge in [0.2, 0.25) is 0 Å². The summed E-state index contributed by atoms with van der Waals surface area (Å²) < 4.78 is 7.43. The van der Waals surface area contributed by atoms with Crippen LogP contribution in [0.4, 0.5) is 11.6 Å². The predicted molar refractivity (Wildman–Crippen MR) is 96.7 cm³/mol. The maximum Gasteiger partial charge on any atom is 0.271 e. The van der Waals surface area contributed by atoms with Crippen molar-refractivity contribution in [3.63, 3.8) is 0 Å². The molecule has 0 bridgehead atoms. The highest BCUT2D eigenvalue weighted by Crippen LogP contribution is 2.43. The average Bonchev–Trinajstić information content (AvgIpc) is 3.06. The van der Waals surface area contributed by atoms with Crippen LogP contribution in [0, 0.1) is 0 Å². The number of ether oxygens (including phenoxy) is 1. The van der Waals surface area contributed by atoms with E-state index in [2.05, 4.69) is 15.3 Å². The van der Waals surface area contributed by atoms with Crippen LogP contribution < -0.4 is 10.9 Å². The van der Waals surface area contributed by atoms with Gasteiger partial charge in [0.25, 0.3) is 5.56 Å². The van der Waals surface area contributed by atoms with Gasteiger partial charge in [-0.1, -0.05) is 11.8 Å². The molecule has 1 fully saturated rings. The van der Waals surface area contributed by atoms with E-state index < -0.39 is 17.7 Å². The summed E-state index contributed by atoms with van der Waals surface area (Å²) in [6.45, 7) is 1.85. The van der Waals surface area contributed by atoms with Crippen LogP contribution in [-0.4, -0.2) is 56.6 Å². The largest absolute Gasteiger partial charge is 0.394 e. The van der Waals surface area contributed by atoms with Crippen LogP contribution in [0.5, 0.6) is 0 Å². The van der Waals surface area contributed by atoms with Crippen LogP contribution in [0.3, 0.4) is 0 Å². The lowest BCUT2D eigenvalue weighted by molar-refractivity contribution is -0.00299. The lowest BCUT2D eigenvalue weighted by atomic mass is 9.94. The van der Waals surface area contributed by atoms with E-state index in [0.29, 0.717) is 16.8 Å². The van der Waals surface area contributed by atoms with Gasteiger partial charge in [0, 0.05) is 17.6 Å². The number of anilines is 1. The number of rotatable bonds is 2. The molecule has 4 rings (SSSR count). The SMILES string of the molecule is CSC1=Nc2c3c(nc(=O)ccc3cn2[C@]2(C)CO[C@H](CO)[C@H]2O)N1. The van der Waals surface area contributed by atoms with E-state index in [9.17, 15) is 15.0 Å². The lowest BCUT2D eigenvalue weighted by Gasteiger charge is -2.31. The molecule has 4 heterocycles. The first-order valence-corrected chi connectivity index (χ1v) is 9.07. The Bertz CT molecular complexity index is 944. The molecule has 0 saturated carbocycles. The number of aliphatic imine (C=N–C) groups is 1. The van der Waals surface area contributed by atoms with Gasteiger partial charge >= 0.3 is 0 Å². The molecule has 3 atom stereocenters. The Labute approximate surface area is 147 Å². The molecule has 0 aliphatic carbocycles. The zero-order valence-corrected chi connectivity index (χ0v) is 14.6. The molecule has 0 aromatic carbocycles. The summed E-state index contributed by atoms with van der Waals surface area (Å²) in [6.07, 6.45) is 2.18. The van der Waals surface area contributed by atoms with Crippen molar-refractivity contribution in [1.29, 1.82) is 0 Å². The second-order valence-corrected chi connectivity index (χ2v) is 7.16. The summed E-state index contributed by atoms with van der Waals surface area (Å²) in [5, 5.41) is 25.3. The third-order valence-corrected chi connectivity index (χ3v) is 5.39. The highest BCUT2D eigenvalue weighted by Gasteiger charge is 2.48. The normalized spacial score (nSPS) is 28.1. The molecule has 2 aromatic rings. The molecule has 9 heteroatoms. The molecule has 0 amide bonds. The molecule has 2 aliphatic heterocycles. The Balaban J connectivity index is 1.99. The maximum absolute atomic E-state index is 11.8. The van der Waals surface area contributed by atoms with Crippen LogP contribution in [0.25, 0.3) is 10.8 Å². The Morgan fingerprint density at radius 3 is 3.00 bits per heavy atom. The van der Waals surface area contributed by atoms with Gasteiger partial charge in [0.15, 0.2) is 5.17 Å². The zero-order chi connectivity index (χ0) is 17.8. The highest BCUT2D eigenvalue weighted by molar-refractivity contribution is 8.13. The Kier molecular flexibility index (Phi) is 3.84. The van der Waals surface area contributed by atoms with Gasteiger partial charge in [-0.05, 0) is 19.2 Å². The summed E-state index contributed by atoms with van der Waals surface area (Å²) in [7, 11) is 0. The number of aromatic nitrogens is 2. The maximum atomic E-state index is 11.8. The number of aliphatic hydroxyl groups is 2. The smallest absolute Gasteiger partial charge is 0.271 e. The number of thioether (sulfide) groups is 1. The van der Waals surface area contributed by atoms with Gasteiger partial charge in [-0.15, -0.1) is 0 Å². The van der Waals surface area contributed by atoms with Gasteiger partial charge < -0.3 is 24.8 Å². The number of aliphatic hydroxyl groups excluding tert-OH is 2. The first-order valence-electron chi connectivity index (χ1n) is 7.85. The molecule has 0 spiro atoms. The molecule has 0 radical (unpaired) electrons. The number of nitrogens with one attached hydrogen (secondary N) is 1. The Morgan fingerprint density at radius 1 is 1.52 bits per heavy atom. The van der Waals surface area contributed by atoms with E-state index in [1.54, 1.807) is 6.07 Å². The standard InChI is InChI=1S/C16H18N4O4S/c1-16(7-24-9(6-21)12(16)23)20-5-8-3-4-10(22)17-13-11(8)14(20)19-15(18-13)25-2/h3-5,9,12,21,23H,6-7H2,1-2H3,(H,17,18,19,22)/t9-,12-,16-/m1/s1. The van der Waals surface area contributed by atoms with Crippen molar-refractivity contribution in [2.45, 2.75) is 24.7 Å². The molecular weight excluding hydrogens is 344 g/mol. The minimum absolute atomic E-state index is 0.243. The second kappa shape index (κ2) is 5.80. The quantitative estimate of drug-likeness (QED) is 0.719. The summed E-state index contributed by atoms with van der Waals surface area (Å²) in [6, 6.07) is 3.11. The second-order valence-electron chi connectivity index (χ2n) is 6.37. The summed E-state index contributed by atoms with van der Waals surface area (Å²) >= 11 is 1.41. The average molecular weight is 362 g/mol. The van der Waals surface area contributed by atoms with Crippen LogP contribution in [0.1, 0.15) is 6.92 Å². The molecule has 132 valence electrons. The van der Waals surface area contributed by atoms with Crippen LogP contribution in [0.15, 0.2) is 28.1 Å². The van der Waals surface area contributed by atoms with E-state index in [1.807, 2.05) is 23.9 Å². The lowest BCUT2D eigenvalue weighted by Crippen LogP contribution is -2.44. The van der Waals surface area contributed by atoms with Gasteiger partial charge in [-0.3, -0.25) is 4.79 Å². The van der Waals surface area contributed by atoms with Gasteiger partial charge in [0.1, 0.15) is 23.8 Å². The van der Waals surface area contributed by atoms with Gasteiger partial charge in [0.05, 0.1) is 24.1 Å². The fraction of sp³-hybridized carbons (Fsp3) is 0.438. The fourth-order valence-corrected chi connectivity index (χ4v) is 3.75. The van der Waals surface area contributed by atoms with Gasteiger partial charge in [-0.25, -0.2) is 4.99 Å². The highest BCUT2D eigenvalue weighted by atomic mass is 32.2. The number of nitrogens with zero attached hydrogens (tertiary/aromatic N) is 3. The van der Waals surface area contributed by atoms with Gasteiger partial charge in [-0.2, -0.15) is 4.98 Å². The minimum Gasteiger partial charge on any atom is -0.394 e.